The second kappa shape index (κ2) is 12.7. The third kappa shape index (κ3) is 6.84. The van der Waals surface area contributed by atoms with Crippen molar-refractivity contribution in [2.75, 3.05) is 56.7 Å². The maximum absolute atomic E-state index is 13.7. The average Bonchev–Trinajstić information content (AvgIpc) is 3.32. The van der Waals surface area contributed by atoms with Gasteiger partial charge in [-0.1, -0.05) is 0 Å². The molecule has 0 saturated carbocycles. The Morgan fingerprint density at radius 1 is 1.12 bits per heavy atom. The Balaban J connectivity index is 1.27. The highest BCUT2D eigenvalue weighted by atomic mass is 32.2. The van der Waals surface area contributed by atoms with E-state index in [2.05, 4.69) is 40.3 Å². The molecule has 5 rings (SSSR count). The number of nitrogens with zero attached hydrogens (tertiary/aromatic N) is 6. The second-order valence-electron chi connectivity index (χ2n) is 11.4. The number of anilines is 3. The van der Waals surface area contributed by atoms with E-state index in [0.717, 1.165) is 61.0 Å². The Bertz CT molecular complexity index is 1580. The van der Waals surface area contributed by atoms with Gasteiger partial charge in [-0.15, -0.1) is 0 Å². The van der Waals surface area contributed by atoms with Crippen LogP contribution in [-0.4, -0.2) is 91.8 Å². The van der Waals surface area contributed by atoms with E-state index in [-0.39, 0.29) is 0 Å². The van der Waals surface area contributed by atoms with Crippen LogP contribution < -0.4 is 15.0 Å². The first-order valence-corrected chi connectivity index (χ1v) is 15.3. The van der Waals surface area contributed by atoms with Crippen molar-refractivity contribution in [2.45, 2.75) is 44.3 Å². The molecule has 12 nitrogen and oxygen atoms in total. The van der Waals surface area contributed by atoms with E-state index in [1.54, 1.807) is 12.3 Å². The SMILES string of the molecule is COC(=O)c1ccc(N2CCN(CCOc3cc4ncnc(Nc5[nH]nc(C)c5C)c4cc3[S+]([O-])C(C)(C)C)CC2)nc1. The number of ether oxygens (including phenoxy) is 2. The highest BCUT2D eigenvalue weighted by Gasteiger charge is 2.32. The zero-order valence-corrected chi connectivity index (χ0v) is 26.2. The fourth-order valence-corrected chi connectivity index (χ4v) is 5.96. The summed E-state index contributed by atoms with van der Waals surface area (Å²) in [5, 5.41) is 11.3. The maximum atomic E-state index is 13.7. The zero-order chi connectivity index (χ0) is 30.7. The molecule has 43 heavy (non-hydrogen) atoms. The van der Waals surface area contributed by atoms with Crippen LogP contribution in [0.4, 0.5) is 17.5 Å². The summed E-state index contributed by atoms with van der Waals surface area (Å²) in [4.78, 5) is 30.2. The molecule has 1 aromatic carbocycles. The predicted octanol–water partition coefficient (Wildman–Crippen LogP) is 4.00. The van der Waals surface area contributed by atoms with Gasteiger partial charge in [0.15, 0.2) is 10.6 Å². The molecule has 0 bridgehead atoms. The number of esters is 1. The molecule has 13 heteroatoms. The lowest BCUT2D eigenvalue weighted by Gasteiger charge is -2.35. The molecule has 1 unspecified atom stereocenters. The minimum Gasteiger partial charge on any atom is -0.611 e. The Kier molecular flexibility index (Phi) is 9.04. The molecule has 1 atom stereocenters. The number of piperazine rings is 1. The average molecular weight is 607 g/mol. The van der Waals surface area contributed by atoms with E-state index in [1.807, 2.05) is 52.8 Å². The number of nitrogens with one attached hydrogen (secondary N) is 2. The first kappa shape index (κ1) is 30.5. The molecule has 4 aromatic rings. The number of fused-ring (bicyclic) bond motifs is 1. The summed E-state index contributed by atoms with van der Waals surface area (Å²) < 4.78 is 24.2. The molecule has 0 aliphatic carbocycles. The number of hydrogen-bond donors (Lipinski definition) is 2. The fourth-order valence-electron chi connectivity index (χ4n) is 4.78. The largest absolute Gasteiger partial charge is 0.611 e. The summed E-state index contributed by atoms with van der Waals surface area (Å²) >= 11 is -1.35. The lowest BCUT2D eigenvalue weighted by Crippen LogP contribution is -2.47. The van der Waals surface area contributed by atoms with Crippen LogP contribution in [0.5, 0.6) is 5.75 Å². The fraction of sp³-hybridized carbons (Fsp3) is 0.433. The van der Waals surface area contributed by atoms with Crippen LogP contribution in [0.2, 0.25) is 0 Å². The molecular weight excluding hydrogens is 568 g/mol. The van der Waals surface area contributed by atoms with Crippen LogP contribution in [-0.2, 0) is 15.9 Å². The minimum absolute atomic E-state index is 0.395. The standard InChI is InChI=1S/C30H38N8O4S/c1-19-20(2)35-36-27(19)34-28-22-15-25(43(40)30(3,4)5)24(16-23(22)32-18-33-28)42-14-13-37-9-11-38(12-10-37)26-8-7-21(17-31-26)29(39)41-6/h7-8,15-18H,9-14H2,1-6H3,(H2,32,33,34,35,36). The van der Waals surface area contributed by atoms with Crippen molar-refractivity contribution in [2.24, 2.45) is 0 Å². The second-order valence-corrected chi connectivity index (χ2v) is 13.6. The summed E-state index contributed by atoms with van der Waals surface area (Å²) in [5.41, 5.74) is 3.03. The lowest BCUT2D eigenvalue weighted by molar-refractivity contribution is 0.0600. The first-order chi connectivity index (χ1) is 20.5. The van der Waals surface area contributed by atoms with Gasteiger partial charge in [0.1, 0.15) is 35.1 Å². The van der Waals surface area contributed by atoms with E-state index in [0.29, 0.717) is 34.1 Å². The molecular formula is C30H38N8O4S. The zero-order valence-electron chi connectivity index (χ0n) is 25.4. The normalized spacial score (nSPS) is 15.0. The van der Waals surface area contributed by atoms with Gasteiger partial charge >= 0.3 is 5.97 Å². The predicted molar refractivity (Wildman–Crippen MR) is 167 cm³/mol. The van der Waals surface area contributed by atoms with Gasteiger partial charge in [0, 0.05) is 62.0 Å². The van der Waals surface area contributed by atoms with Crippen molar-refractivity contribution in [3.63, 3.8) is 0 Å². The Hall–Kier alpha value is -3.94. The maximum Gasteiger partial charge on any atom is 0.339 e. The van der Waals surface area contributed by atoms with Gasteiger partial charge in [0.25, 0.3) is 0 Å². The molecule has 1 saturated heterocycles. The van der Waals surface area contributed by atoms with Crippen molar-refractivity contribution in [3.05, 3.63) is 53.6 Å². The number of rotatable bonds is 9. The molecule has 1 aliphatic rings. The van der Waals surface area contributed by atoms with E-state index in [1.165, 1.54) is 13.4 Å². The summed E-state index contributed by atoms with van der Waals surface area (Å²) in [6.45, 7) is 14.2. The Labute approximate surface area is 254 Å². The molecule has 228 valence electrons. The number of aryl methyl sites for hydroxylation is 1. The van der Waals surface area contributed by atoms with E-state index in [9.17, 15) is 9.35 Å². The minimum atomic E-state index is -1.35. The van der Waals surface area contributed by atoms with Crippen LogP contribution in [0.1, 0.15) is 42.4 Å². The van der Waals surface area contributed by atoms with Gasteiger partial charge in [-0.3, -0.25) is 10.00 Å². The van der Waals surface area contributed by atoms with Crippen LogP contribution in [0.3, 0.4) is 0 Å². The van der Waals surface area contributed by atoms with Crippen LogP contribution in [0.25, 0.3) is 10.9 Å². The number of hydrogen-bond acceptors (Lipinski definition) is 11. The Morgan fingerprint density at radius 3 is 2.51 bits per heavy atom. The van der Waals surface area contributed by atoms with Gasteiger partial charge in [-0.2, -0.15) is 5.10 Å². The van der Waals surface area contributed by atoms with Crippen molar-refractivity contribution in [1.29, 1.82) is 0 Å². The molecule has 4 heterocycles. The number of methoxy groups -OCH3 is 1. The van der Waals surface area contributed by atoms with Crippen LogP contribution >= 0.6 is 0 Å². The number of pyridine rings is 1. The number of carbonyl (C=O) groups excluding carboxylic acids is 1. The number of carbonyl (C=O) groups is 1. The van der Waals surface area contributed by atoms with Crippen LogP contribution in [0, 0.1) is 13.8 Å². The molecule has 0 amide bonds. The summed E-state index contributed by atoms with van der Waals surface area (Å²) in [5.74, 6) is 2.36. The van der Waals surface area contributed by atoms with Crippen molar-refractivity contribution >= 4 is 45.5 Å². The monoisotopic (exact) mass is 606 g/mol. The Morgan fingerprint density at radius 2 is 1.88 bits per heavy atom. The summed E-state index contributed by atoms with van der Waals surface area (Å²) in [6.07, 6.45) is 3.05. The van der Waals surface area contributed by atoms with E-state index >= 15 is 0 Å². The topological polar surface area (TPSA) is 144 Å². The van der Waals surface area contributed by atoms with E-state index in [4.69, 9.17) is 9.47 Å². The third-order valence-electron chi connectivity index (χ3n) is 7.48. The van der Waals surface area contributed by atoms with Gasteiger partial charge < -0.3 is 24.2 Å². The highest BCUT2D eigenvalue weighted by molar-refractivity contribution is 7.92. The van der Waals surface area contributed by atoms with Crippen molar-refractivity contribution in [1.82, 2.24) is 30.0 Å². The molecule has 0 radical (unpaired) electrons. The number of aromatic amines is 1. The molecule has 2 N–H and O–H groups in total. The molecule has 1 fully saturated rings. The van der Waals surface area contributed by atoms with Crippen molar-refractivity contribution < 1.29 is 18.8 Å². The van der Waals surface area contributed by atoms with Gasteiger partial charge in [0.2, 0.25) is 0 Å². The lowest BCUT2D eigenvalue weighted by atomic mass is 10.2. The summed E-state index contributed by atoms with van der Waals surface area (Å²) in [6, 6.07) is 7.32. The smallest absolute Gasteiger partial charge is 0.339 e. The van der Waals surface area contributed by atoms with E-state index < -0.39 is 21.9 Å². The van der Waals surface area contributed by atoms with Crippen molar-refractivity contribution in [3.8, 4) is 5.75 Å². The van der Waals surface area contributed by atoms with Gasteiger partial charge in [0.05, 0.1) is 23.9 Å². The van der Waals surface area contributed by atoms with Crippen LogP contribution in [0.15, 0.2) is 41.7 Å². The number of aromatic nitrogens is 5. The third-order valence-corrected chi connectivity index (χ3v) is 9.31. The molecule has 3 aromatic heterocycles. The molecule has 0 spiro atoms. The quantitative estimate of drug-likeness (QED) is 0.211. The number of H-pyrrole nitrogens is 1. The highest BCUT2D eigenvalue weighted by Crippen LogP contribution is 2.37. The number of benzene rings is 1. The van der Waals surface area contributed by atoms with Gasteiger partial charge in [-0.25, -0.2) is 19.7 Å². The first-order valence-electron chi connectivity index (χ1n) is 14.2. The van der Waals surface area contributed by atoms with Gasteiger partial charge in [-0.05, 0) is 57.9 Å². The molecule has 1 aliphatic heterocycles. The summed E-state index contributed by atoms with van der Waals surface area (Å²) in [7, 11) is 1.36.